The molecule has 23 heavy (non-hydrogen) atoms. The van der Waals surface area contributed by atoms with Gasteiger partial charge in [0.1, 0.15) is 0 Å². The van der Waals surface area contributed by atoms with Crippen LogP contribution in [0.3, 0.4) is 0 Å². The first-order valence-corrected chi connectivity index (χ1v) is 7.82. The quantitative estimate of drug-likeness (QED) is 0.901. The van der Waals surface area contributed by atoms with Gasteiger partial charge < -0.3 is 10.6 Å². The molecule has 2 aromatic carbocycles. The molecule has 4 heteroatoms. The van der Waals surface area contributed by atoms with E-state index in [0.29, 0.717) is 17.2 Å². The minimum Gasteiger partial charge on any atom is -0.325 e. The van der Waals surface area contributed by atoms with Crippen LogP contribution in [0.1, 0.15) is 29.3 Å². The van der Waals surface area contributed by atoms with Crippen molar-refractivity contribution in [2.45, 2.75) is 20.3 Å². The summed E-state index contributed by atoms with van der Waals surface area (Å²) in [6.07, 6.45) is 0.920. The summed E-state index contributed by atoms with van der Waals surface area (Å²) in [5.74, 6) is 0.273. The highest BCUT2D eigenvalue weighted by atomic mass is 16.2. The Labute approximate surface area is 135 Å². The first kappa shape index (κ1) is 15.3. The van der Waals surface area contributed by atoms with E-state index >= 15 is 0 Å². The van der Waals surface area contributed by atoms with Crippen LogP contribution in [0.4, 0.5) is 11.4 Å². The zero-order chi connectivity index (χ0) is 16.4. The van der Waals surface area contributed by atoms with Crippen LogP contribution in [0.2, 0.25) is 0 Å². The molecule has 0 bridgehead atoms. The third-order valence-corrected chi connectivity index (χ3v) is 4.15. The molecule has 1 fully saturated rings. The predicted octanol–water partition coefficient (Wildman–Crippen LogP) is 3.84. The van der Waals surface area contributed by atoms with Crippen molar-refractivity contribution in [3.8, 4) is 0 Å². The van der Waals surface area contributed by atoms with Crippen LogP contribution in [-0.2, 0) is 4.79 Å². The van der Waals surface area contributed by atoms with E-state index in [1.807, 2.05) is 37.3 Å². The van der Waals surface area contributed by atoms with Gasteiger partial charge in [-0.2, -0.15) is 0 Å². The average Bonchev–Trinajstić information content (AvgIpc) is 3.25. The molecular weight excluding hydrogens is 288 g/mol. The normalized spacial score (nSPS) is 19.0. The lowest BCUT2D eigenvalue weighted by molar-refractivity contribution is -0.117. The molecule has 3 rings (SSSR count). The molecular formula is C19H20N2O2. The van der Waals surface area contributed by atoms with Crippen molar-refractivity contribution in [3.63, 3.8) is 0 Å². The van der Waals surface area contributed by atoms with Crippen molar-refractivity contribution >= 4 is 23.2 Å². The van der Waals surface area contributed by atoms with Crippen molar-refractivity contribution in [1.29, 1.82) is 0 Å². The summed E-state index contributed by atoms with van der Waals surface area (Å²) in [7, 11) is 0. The molecule has 0 aromatic heterocycles. The monoisotopic (exact) mass is 308 g/mol. The third kappa shape index (κ3) is 3.59. The van der Waals surface area contributed by atoms with Crippen LogP contribution in [-0.4, -0.2) is 11.8 Å². The Morgan fingerprint density at radius 1 is 1.04 bits per heavy atom. The zero-order valence-electron chi connectivity index (χ0n) is 13.3. The first-order valence-electron chi connectivity index (χ1n) is 7.82. The highest BCUT2D eigenvalue weighted by Crippen LogP contribution is 2.38. The van der Waals surface area contributed by atoms with Crippen molar-refractivity contribution in [1.82, 2.24) is 0 Å². The number of anilines is 2. The van der Waals surface area contributed by atoms with Gasteiger partial charge in [0, 0.05) is 11.6 Å². The van der Waals surface area contributed by atoms with Gasteiger partial charge in [-0.1, -0.05) is 31.2 Å². The number of carbonyl (C=O) groups excluding carboxylic acids is 2. The van der Waals surface area contributed by atoms with E-state index in [2.05, 4.69) is 17.6 Å². The molecule has 2 N–H and O–H groups in total. The van der Waals surface area contributed by atoms with Gasteiger partial charge in [-0.15, -0.1) is 0 Å². The Morgan fingerprint density at radius 2 is 1.78 bits per heavy atom. The van der Waals surface area contributed by atoms with E-state index in [-0.39, 0.29) is 17.7 Å². The molecule has 0 spiro atoms. The third-order valence-electron chi connectivity index (χ3n) is 4.15. The van der Waals surface area contributed by atoms with Crippen molar-refractivity contribution < 1.29 is 9.59 Å². The van der Waals surface area contributed by atoms with Crippen LogP contribution in [0, 0.1) is 18.8 Å². The van der Waals surface area contributed by atoms with Gasteiger partial charge in [-0.3, -0.25) is 9.59 Å². The summed E-state index contributed by atoms with van der Waals surface area (Å²) in [5.41, 5.74) is 2.84. The summed E-state index contributed by atoms with van der Waals surface area (Å²) in [6.45, 7) is 4.03. The molecule has 2 unspecified atom stereocenters. The Bertz CT molecular complexity index is 755. The van der Waals surface area contributed by atoms with Crippen molar-refractivity contribution in [2.24, 2.45) is 11.8 Å². The highest BCUT2D eigenvalue weighted by Gasteiger charge is 2.39. The van der Waals surface area contributed by atoms with E-state index in [9.17, 15) is 9.59 Å². The lowest BCUT2D eigenvalue weighted by atomic mass is 10.1. The van der Waals surface area contributed by atoms with Crippen LogP contribution in [0.15, 0.2) is 48.5 Å². The van der Waals surface area contributed by atoms with Crippen molar-refractivity contribution in [2.75, 3.05) is 10.6 Å². The highest BCUT2D eigenvalue weighted by molar-refractivity contribution is 6.10. The lowest BCUT2D eigenvalue weighted by Gasteiger charge is -2.11. The number of amides is 2. The van der Waals surface area contributed by atoms with Crippen LogP contribution < -0.4 is 10.6 Å². The SMILES string of the molecule is Cc1cccc(NC(=O)c2ccccc2NC(=O)C2CC2C)c1. The number of para-hydroxylation sites is 1. The largest absolute Gasteiger partial charge is 0.325 e. The Balaban J connectivity index is 1.76. The fraction of sp³-hybridized carbons (Fsp3) is 0.263. The van der Waals surface area contributed by atoms with Crippen LogP contribution in [0.25, 0.3) is 0 Å². The molecule has 4 nitrogen and oxygen atoms in total. The molecule has 2 aromatic rings. The summed E-state index contributed by atoms with van der Waals surface area (Å²) in [6, 6.07) is 14.7. The van der Waals surface area contributed by atoms with Gasteiger partial charge >= 0.3 is 0 Å². The fourth-order valence-electron chi connectivity index (χ4n) is 2.62. The molecule has 0 radical (unpaired) electrons. The minimum atomic E-state index is -0.227. The molecule has 118 valence electrons. The first-order chi connectivity index (χ1) is 11.0. The van der Waals surface area contributed by atoms with Gasteiger partial charge in [0.2, 0.25) is 5.91 Å². The van der Waals surface area contributed by atoms with Crippen molar-refractivity contribution in [3.05, 3.63) is 59.7 Å². The Morgan fingerprint density at radius 3 is 2.48 bits per heavy atom. The maximum Gasteiger partial charge on any atom is 0.257 e. The molecule has 1 saturated carbocycles. The number of benzene rings is 2. The summed E-state index contributed by atoms with van der Waals surface area (Å²) in [5, 5.41) is 5.76. The second kappa shape index (κ2) is 6.24. The number of hydrogen-bond donors (Lipinski definition) is 2. The molecule has 2 atom stereocenters. The summed E-state index contributed by atoms with van der Waals surface area (Å²) >= 11 is 0. The van der Waals surface area contributed by atoms with Gasteiger partial charge in [0.05, 0.1) is 11.3 Å². The van der Waals surface area contributed by atoms with Crippen LogP contribution in [0.5, 0.6) is 0 Å². The second-order valence-corrected chi connectivity index (χ2v) is 6.18. The molecule has 1 aliphatic rings. The molecule has 0 heterocycles. The summed E-state index contributed by atoms with van der Waals surface area (Å²) < 4.78 is 0. The maximum absolute atomic E-state index is 12.5. The number of nitrogens with one attached hydrogen (secondary N) is 2. The van der Waals surface area contributed by atoms with Gasteiger partial charge in [-0.05, 0) is 49.1 Å². The van der Waals surface area contributed by atoms with Gasteiger partial charge in [0.25, 0.3) is 5.91 Å². The number of carbonyl (C=O) groups is 2. The lowest BCUT2D eigenvalue weighted by Crippen LogP contribution is -2.19. The number of hydrogen-bond acceptors (Lipinski definition) is 2. The predicted molar refractivity (Wildman–Crippen MR) is 91.5 cm³/mol. The smallest absolute Gasteiger partial charge is 0.257 e. The van der Waals surface area contributed by atoms with Gasteiger partial charge in [0.15, 0.2) is 0 Å². The Hall–Kier alpha value is -2.62. The number of aryl methyl sites for hydroxylation is 1. The standard InChI is InChI=1S/C19H20N2O2/c1-12-6-5-7-14(10-12)20-18(22)15-8-3-4-9-17(15)21-19(23)16-11-13(16)2/h3-10,13,16H,11H2,1-2H3,(H,20,22)(H,21,23). The molecule has 1 aliphatic carbocycles. The van der Waals surface area contributed by atoms with E-state index in [4.69, 9.17) is 0 Å². The Kier molecular flexibility index (Phi) is 4.15. The number of rotatable bonds is 4. The second-order valence-electron chi connectivity index (χ2n) is 6.18. The van der Waals surface area contributed by atoms with E-state index < -0.39 is 0 Å². The molecule has 0 saturated heterocycles. The van der Waals surface area contributed by atoms with E-state index in [1.165, 1.54) is 0 Å². The van der Waals surface area contributed by atoms with Gasteiger partial charge in [-0.25, -0.2) is 0 Å². The average molecular weight is 308 g/mol. The summed E-state index contributed by atoms with van der Waals surface area (Å²) in [4.78, 5) is 24.6. The van der Waals surface area contributed by atoms with E-state index in [0.717, 1.165) is 17.7 Å². The zero-order valence-corrected chi connectivity index (χ0v) is 13.3. The minimum absolute atomic E-state index is 0.00620. The maximum atomic E-state index is 12.5. The fourth-order valence-corrected chi connectivity index (χ4v) is 2.62. The van der Waals surface area contributed by atoms with E-state index in [1.54, 1.807) is 18.2 Å². The molecule has 2 amide bonds. The van der Waals surface area contributed by atoms with Crippen LogP contribution >= 0.6 is 0 Å². The topological polar surface area (TPSA) is 58.2 Å². The molecule has 0 aliphatic heterocycles.